The van der Waals surface area contributed by atoms with Crippen LogP contribution >= 0.6 is 0 Å². The molecular weight excluding hydrogens is 234 g/mol. The fourth-order valence-corrected chi connectivity index (χ4v) is 2.65. The number of aliphatic hydroxyl groups is 4. The SMILES string of the molecule is CN(C)CCCCC1(O)CC(O)C(O)CC1(C)O. The van der Waals surface area contributed by atoms with Gasteiger partial charge in [0.05, 0.1) is 23.4 Å². The van der Waals surface area contributed by atoms with Crippen molar-refractivity contribution in [3.63, 3.8) is 0 Å². The molecule has 4 atom stereocenters. The fraction of sp³-hybridized carbons (Fsp3) is 1.00. The van der Waals surface area contributed by atoms with Gasteiger partial charge in [0, 0.05) is 12.8 Å². The number of rotatable bonds is 5. The summed E-state index contributed by atoms with van der Waals surface area (Å²) >= 11 is 0. The molecule has 0 aromatic carbocycles. The predicted octanol–water partition coefficient (Wildman–Crippen LogP) is -0.284. The molecule has 1 rings (SSSR count). The van der Waals surface area contributed by atoms with Crippen molar-refractivity contribution < 1.29 is 20.4 Å². The molecule has 1 aliphatic carbocycles. The Balaban J connectivity index is 2.54. The predicted molar refractivity (Wildman–Crippen MR) is 69.2 cm³/mol. The molecule has 0 spiro atoms. The number of nitrogens with zero attached hydrogens (tertiary/aromatic N) is 1. The molecule has 108 valence electrons. The van der Waals surface area contributed by atoms with E-state index in [4.69, 9.17) is 0 Å². The summed E-state index contributed by atoms with van der Waals surface area (Å²) in [5, 5.41) is 40.0. The van der Waals surface area contributed by atoms with Crippen molar-refractivity contribution in [2.45, 2.75) is 62.4 Å². The molecular formula is C13H27NO4. The summed E-state index contributed by atoms with van der Waals surface area (Å²) in [7, 11) is 3.98. The van der Waals surface area contributed by atoms with Crippen LogP contribution in [0, 0.1) is 0 Å². The Hall–Kier alpha value is -0.200. The molecule has 0 saturated heterocycles. The first kappa shape index (κ1) is 15.9. The molecule has 0 aromatic rings. The van der Waals surface area contributed by atoms with Crippen molar-refractivity contribution in [3.8, 4) is 0 Å². The van der Waals surface area contributed by atoms with Crippen LogP contribution in [-0.2, 0) is 0 Å². The maximum absolute atomic E-state index is 10.5. The van der Waals surface area contributed by atoms with Crippen molar-refractivity contribution in [1.82, 2.24) is 4.90 Å². The van der Waals surface area contributed by atoms with Gasteiger partial charge in [0.1, 0.15) is 0 Å². The molecule has 0 aliphatic heterocycles. The van der Waals surface area contributed by atoms with Crippen LogP contribution in [0.2, 0.25) is 0 Å². The molecule has 5 nitrogen and oxygen atoms in total. The van der Waals surface area contributed by atoms with E-state index in [1.54, 1.807) is 0 Å². The van der Waals surface area contributed by atoms with Crippen LogP contribution in [0.5, 0.6) is 0 Å². The van der Waals surface area contributed by atoms with Gasteiger partial charge in [-0.05, 0) is 46.8 Å². The Labute approximate surface area is 109 Å². The van der Waals surface area contributed by atoms with Gasteiger partial charge < -0.3 is 25.3 Å². The molecule has 18 heavy (non-hydrogen) atoms. The number of hydrogen-bond donors (Lipinski definition) is 4. The van der Waals surface area contributed by atoms with Gasteiger partial charge in [0.15, 0.2) is 0 Å². The van der Waals surface area contributed by atoms with Crippen molar-refractivity contribution in [2.75, 3.05) is 20.6 Å². The first-order valence-electron chi connectivity index (χ1n) is 6.63. The highest BCUT2D eigenvalue weighted by molar-refractivity contribution is 5.04. The lowest BCUT2D eigenvalue weighted by Gasteiger charge is -2.48. The van der Waals surface area contributed by atoms with E-state index in [9.17, 15) is 20.4 Å². The smallest absolute Gasteiger partial charge is 0.0957 e. The maximum atomic E-state index is 10.5. The van der Waals surface area contributed by atoms with Crippen molar-refractivity contribution >= 4 is 0 Å². The second-order valence-electron chi connectivity index (χ2n) is 6.11. The summed E-state index contributed by atoms with van der Waals surface area (Å²) in [6, 6.07) is 0. The Morgan fingerprint density at radius 2 is 1.61 bits per heavy atom. The van der Waals surface area contributed by atoms with Gasteiger partial charge in [-0.2, -0.15) is 0 Å². The number of unbranched alkanes of at least 4 members (excludes halogenated alkanes) is 1. The molecule has 0 radical (unpaired) electrons. The van der Waals surface area contributed by atoms with E-state index in [0.29, 0.717) is 6.42 Å². The van der Waals surface area contributed by atoms with Gasteiger partial charge in [0.2, 0.25) is 0 Å². The van der Waals surface area contributed by atoms with Gasteiger partial charge in [-0.1, -0.05) is 0 Å². The topological polar surface area (TPSA) is 84.2 Å². The highest BCUT2D eigenvalue weighted by atomic mass is 16.4. The third-order valence-electron chi connectivity index (χ3n) is 4.05. The van der Waals surface area contributed by atoms with Crippen molar-refractivity contribution in [3.05, 3.63) is 0 Å². The molecule has 0 aromatic heterocycles. The van der Waals surface area contributed by atoms with E-state index >= 15 is 0 Å². The average Bonchev–Trinajstić information content (AvgIpc) is 2.21. The Kier molecular flexibility index (Phi) is 5.14. The lowest BCUT2D eigenvalue weighted by molar-refractivity contribution is -0.217. The molecule has 1 saturated carbocycles. The molecule has 4 unspecified atom stereocenters. The van der Waals surface area contributed by atoms with Gasteiger partial charge >= 0.3 is 0 Å². The largest absolute Gasteiger partial charge is 0.390 e. The third kappa shape index (κ3) is 3.65. The minimum Gasteiger partial charge on any atom is -0.390 e. The Morgan fingerprint density at radius 1 is 1.06 bits per heavy atom. The van der Waals surface area contributed by atoms with Crippen molar-refractivity contribution in [2.24, 2.45) is 0 Å². The standard InChI is InChI=1S/C13H27NO4/c1-12(17)8-10(15)11(16)9-13(12,18)6-4-5-7-14(2)3/h10-11,15-18H,4-9H2,1-3H3. The molecule has 4 N–H and O–H groups in total. The zero-order chi connectivity index (χ0) is 14.0. The molecule has 5 heteroatoms. The minimum atomic E-state index is -1.34. The Bertz CT molecular complexity index is 270. The van der Waals surface area contributed by atoms with E-state index < -0.39 is 23.4 Å². The molecule has 0 heterocycles. The van der Waals surface area contributed by atoms with Crippen LogP contribution in [0.15, 0.2) is 0 Å². The van der Waals surface area contributed by atoms with E-state index in [-0.39, 0.29) is 12.8 Å². The van der Waals surface area contributed by atoms with E-state index in [1.807, 2.05) is 14.1 Å². The summed E-state index contributed by atoms with van der Waals surface area (Å²) in [5.74, 6) is 0. The van der Waals surface area contributed by atoms with Crippen LogP contribution in [-0.4, -0.2) is 69.4 Å². The zero-order valence-corrected chi connectivity index (χ0v) is 11.6. The highest BCUT2D eigenvalue weighted by Crippen LogP contribution is 2.40. The summed E-state index contributed by atoms with van der Waals surface area (Å²) in [5.41, 5.74) is -2.65. The monoisotopic (exact) mass is 261 g/mol. The zero-order valence-electron chi connectivity index (χ0n) is 11.6. The van der Waals surface area contributed by atoms with E-state index in [1.165, 1.54) is 6.92 Å². The highest BCUT2D eigenvalue weighted by Gasteiger charge is 2.52. The average molecular weight is 261 g/mol. The summed E-state index contributed by atoms with van der Waals surface area (Å²) < 4.78 is 0. The van der Waals surface area contributed by atoms with E-state index in [0.717, 1.165) is 19.4 Å². The first-order valence-corrected chi connectivity index (χ1v) is 6.63. The van der Waals surface area contributed by atoms with Gasteiger partial charge in [0.25, 0.3) is 0 Å². The normalized spacial score (nSPS) is 41.3. The summed E-state index contributed by atoms with van der Waals surface area (Å²) in [4.78, 5) is 2.07. The second kappa shape index (κ2) is 5.84. The lowest BCUT2D eigenvalue weighted by Crippen LogP contribution is -2.61. The van der Waals surface area contributed by atoms with Crippen LogP contribution in [0.1, 0.15) is 39.0 Å². The van der Waals surface area contributed by atoms with Gasteiger partial charge in [-0.3, -0.25) is 0 Å². The second-order valence-corrected chi connectivity index (χ2v) is 6.11. The van der Waals surface area contributed by atoms with E-state index in [2.05, 4.69) is 4.90 Å². The quantitative estimate of drug-likeness (QED) is 0.511. The minimum absolute atomic E-state index is 0.0122. The summed E-state index contributed by atoms with van der Waals surface area (Å²) in [6.07, 6.45) is 0.294. The van der Waals surface area contributed by atoms with Crippen LogP contribution in [0.25, 0.3) is 0 Å². The van der Waals surface area contributed by atoms with Gasteiger partial charge in [-0.15, -0.1) is 0 Å². The molecule has 0 amide bonds. The number of hydrogen-bond acceptors (Lipinski definition) is 5. The third-order valence-corrected chi connectivity index (χ3v) is 4.05. The maximum Gasteiger partial charge on any atom is 0.0957 e. The number of aliphatic hydroxyl groups excluding tert-OH is 2. The molecule has 1 fully saturated rings. The fourth-order valence-electron chi connectivity index (χ4n) is 2.65. The van der Waals surface area contributed by atoms with Gasteiger partial charge in [-0.25, -0.2) is 0 Å². The molecule has 1 aliphatic rings. The summed E-state index contributed by atoms with van der Waals surface area (Å²) in [6.45, 7) is 2.47. The lowest BCUT2D eigenvalue weighted by atomic mass is 9.68. The van der Waals surface area contributed by atoms with Crippen molar-refractivity contribution in [1.29, 1.82) is 0 Å². The Morgan fingerprint density at radius 3 is 2.17 bits per heavy atom. The molecule has 0 bridgehead atoms. The van der Waals surface area contributed by atoms with Crippen LogP contribution in [0.3, 0.4) is 0 Å². The van der Waals surface area contributed by atoms with Crippen LogP contribution < -0.4 is 0 Å². The van der Waals surface area contributed by atoms with Crippen LogP contribution in [0.4, 0.5) is 0 Å². The first-order chi connectivity index (χ1) is 8.18.